The van der Waals surface area contributed by atoms with Gasteiger partial charge >= 0.3 is 12.1 Å². The SMILES string of the molecule is CCCOC(=O)Nc1cccc(-c2ccc(C(=O)N3CC[C@@]4(C3)OC(=O)c3ccccc34)c(Cl)c2)n1. The summed E-state index contributed by atoms with van der Waals surface area (Å²) < 4.78 is 10.8. The molecule has 0 saturated carbocycles. The molecular formula is C27H24ClN3O5. The molecule has 1 atom stereocenters. The van der Waals surface area contributed by atoms with Crippen molar-refractivity contribution in [2.45, 2.75) is 25.4 Å². The van der Waals surface area contributed by atoms with Crippen molar-refractivity contribution >= 4 is 35.4 Å². The summed E-state index contributed by atoms with van der Waals surface area (Å²) in [6.45, 7) is 2.95. The molecule has 2 aliphatic rings. The summed E-state index contributed by atoms with van der Waals surface area (Å²) in [5.41, 5.74) is 2.19. The minimum Gasteiger partial charge on any atom is -0.449 e. The van der Waals surface area contributed by atoms with E-state index < -0.39 is 11.7 Å². The number of rotatable bonds is 5. The van der Waals surface area contributed by atoms with Crippen LogP contribution in [0.1, 0.15) is 46.0 Å². The number of halogens is 1. The number of anilines is 1. The van der Waals surface area contributed by atoms with Gasteiger partial charge in [0.15, 0.2) is 5.60 Å². The van der Waals surface area contributed by atoms with E-state index in [4.69, 9.17) is 21.1 Å². The Balaban J connectivity index is 1.32. The molecule has 0 radical (unpaired) electrons. The Kier molecular flexibility index (Phi) is 6.36. The van der Waals surface area contributed by atoms with Crippen molar-refractivity contribution in [1.29, 1.82) is 0 Å². The average molecular weight is 506 g/mol. The molecule has 1 spiro atoms. The topological polar surface area (TPSA) is 97.8 Å². The second-order valence-corrected chi connectivity index (χ2v) is 9.18. The van der Waals surface area contributed by atoms with E-state index in [1.807, 2.05) is 19.1 Å². The Morgan fingerprint density at radius 3 is 2.81 bits per heavy atom. The number of ether oxygens (including phenoxy) is 2. The number of fused-ring (bicyclic) bond motifs is 2. The number of esters is 1. The van der Waals surface area contributed by atoms with Crippen molar-refractivity contribution in [2.24, 2.45) is 0 Å². The van der Waals surface area contributed by atoms with Crippen LogP contribution in [0, 0.1) is 0 Å². The predicted octanol–water partition coefficient (Wildman–Crippen LogP) is 5.27. The number of pyridine rings is 1. The van der Waals surface area contributed by atoms with E-state index in [0.717, 1.165) is 12.0 Å². The van der Waals surface area contributed by atoms with Gasteiger partial charge in [-0.05, 0) is 36.8 Å². The molecule has 9 heteroatoms. The zero-order valence-electron chi connectivity index (χ0n) is 19.6. The highest BCUT2D eigenvalue weighted by Crippen LogP contribution is 2.43. The highest BCUT2D eigenvalue weighted by atomic mass is 35.5. The van der Waals surface area contributed by atoms with Crippen molar-refractivity contribution in [3.8, 4) is 11.3 Å². The smallest absolute Gasteiger partial charge is 0.412 e. The van der Waals surface area contributed by atoms with Crippen molar-refractivity contribution < 1.29 is 23.9 Å². The second kappa shape index (κ2) is 9.62. The summed E-state index contributed by atoms with van der Waals surface area (Å²) in [5.74, 6) is -0.241. The summed E-state index contributed by atoms with van der Waals surface area (Å²) in [6, 6.07) is 17.6. The number of nitrogens with zero attached hydrogens (tertiary/aromatic N) is 2. The Bertz CT molecular complexity index is 1360. The van der Waals surface area contributed by atoms with Gasteiger partial charge in [-0.1, -0.05) is 48.9 Å². The Morgan fingerprint density at radius 2 is 2.00 bits per heavy atom. The maximum absolute atomic E-state index is 13.3. The Hall–Kier alpha value is -3.91. The van der Waals surface area contributed by atoms with Gasteiger partial charge in [-0.25, -0.2) is 14.6 Å². The van der Waals surface area contributed by atoms with E-state index in [2.05, 4.69) is 10.3 Å². The molecule has 3 heterocycles. The fourth-order valence-corrected chi connectivity index (χ4v) is 4.88. The lowest BCUT2D eigenvalue weighted by Gasteiger charge is -2.24. The molecule has 2 amide bonds. The Labute approximate surface area is 213 Å². The number of amides is 2. The van der Waals surface area contributed by atoms with Crippen LogP contribution in [0.4, 0.5) is 10.6 Å². The van der Waals surface area contributed by atoms with Gasteiger partial charge in [0, 0.05) is 24.1 Å². The summed E-state index contributed by atoms with van der Waals surface area (Å²) in [7, 11) is 0. The third-order valence-electron chi connectivity index (χ3n) is 6.36. The molecule has 1 fully saturated rings. The van der Waals surface area contributed by atoms with Crippen LogP contribution in [0.2, 0.25) is 5.02 Å². The van der Waals surface area contributed by atoms with Gasteiger partial charge in [0.2, 0.25) is 0 Å². The number of aromatic nitrogens is 1. The predicted molar refractivity (Wildman–Crippen MR) is 134 cm³/mol. The maximum Gasteiger partial charge on any atom is 0.412 e. The van der Waals surface area contributed by atoms with Crippen LogP contribution < -0.4 is 5.32 Å². The number of nitrogens with one attached hydrogen (secondary N) is 1. The van der Waals surface area contributed by atoms with Gasteiger partial charge in [0.05, 0.1) is 35.0 Å². The summed E-state index contributed by atoms with van der Waals surface area (Å²) in [4.78, 5) is 43.6. The van der Waals surface area contributed by atoms with E-state index in [-0.39, 0.29) is 23.4 Å². The van der Waals surface area contributed by atoms with E-state index in [0.29, 0.717) is 47.8 Å². The van der Waals surface area contributed by atoms with Crippen LogP contribution in [0.5, 0.6) is 0 Å². The van der Waals surface area contributed by atoms with E-state index in [1.165, 1.54) is 0 Å². The van der Waals surface area contributed by atoms with E-state index >= 15 is 0 Å². The third-order valence-corrected chi connectivity index (χ3v) is 6.67. The first-order chi connectivity index (χ1) is 17.4. The molecule has 3 aromatic rings. The molecular weight excluding hydrogens is 482 g/mol. The zero-order chi connectivity index (χ0) is 25.3. The fourth-order valence-electron chi connectivity index (χ4n) is 4.62. The first-order valence-electron chi connectivity index (χ1n) is 11.7. The number of hydrogen-bond acceptors (Lipinski definition) is 6. The molecule has 184 valence electrons. The fraction of sp³-hybridized carbons (Fsp3) is 0.259. The van der Waals surface area contributed by atoms with E-state index in [9.17, 15) is 14.4 Å². The van der Waals surface area contributed by atoms with Crippen LogP contribution in [-0.4, -0.2) is 47.6 Å². The molecule has 5 rings (SSSR count). The first kappa shape index (κ1) is 23.8. The normalized spacial score (nSPS) is 18.2. The number of carbonyl (C=O) groups is 3. The van der Waals surface area contributed by atoms with Crippen molar-refractivity contribution in [2.75, 3.05) is 25.0 Å². The lowest BCUT2D eigenvalue weighted by atomic mass is 9.91. The van der Waals surface area contributed by atoms with Crippen molar-refractivity contribution in [3.05, 3.63) is 82.4 Å². The van der Waals surface area contributed by atoms with Gasteiger partial charge in [-0.2, -0.15) is 0 Å². The van der Waals surface area contributed by atoms with Gasteiger partial charge in [-0.15, -0.1) is 0 Å². The first-order valence-corrected chi connectivity index (χ1v) is 12.1. The average Bonchev–Trinajstić information content (AvgIpc) is 3.43. The highest BCUT2D eigenvalue weighted by Gasteiger charge is 2.51. The molecule has 0 unspecified atom stereocenters. The highest BCUT2D eigenvalue weighted by molar-refractivity contribution is 6.34. The number of likely N-dealkylation sites (tertiary alicyclic amines) is 1. The zero-order valence-corrected chi connectivity index (χ0v) is 20.4. The van der Waals surface area contributed by atoms with Crippen LogP contribution in [-0.2, 0) is 15.1 Å². The largest absolute Gasteiger partial charge is 0.449 e. The van der Waals surface area contributed by atoms with Gasteiger partial charge < -0.3 is 14.4 Å². The minimum absolute atomic E-state index is 0.231. The number of hydrogen-bond donors (Lipinski definition) is 1. The number of carbonyl (C=O) groups excluding carboxylic acids is 3. The molecule has 1 saturated heterocycles. The molecule has 2 aromatic carbocycles. The Morgan fingerprint density at radius 1 is 1.17 bits per heavy atom. The molecule has 0 bridgehead atoms. The molecule has 36 heavy (non-hydrogen) atoms. The lowest BCUT2D eigenvalue weighted by molar-refractivity contribution is -0.00306. The summed E-state index contributed by atoms with van der Waals surface area (Å²) >= 11 is 6.54. The van der Waals surface area contributed by atoms with Crippen LogP contribution in [0.25, 0.3) is 11.3 Å². The second-order valence-electron chi connectivity index (χ2n) is 8.77. The molecule has 1 aromatic heterocycles. The van der Waals surface area contributed by atoms with Gasteiger partial charge in [0.25, 0.3) is 5.91 Å². The van der Waals surface area contributed by atoms with Crippen molar-refractivity contribution in [1.82, 2.24) is 9.88 Å². The van der Waals surface area contributed by atoms with Crippen LogP contribution in [0.15, 0.2) is 60.7 Å². The van der Waals surface area contributed by atoms with Gasteiger partial charge in [0.1, 0.15) is 5.82 Å². The van der Waals surface area contributed by atoms with E-state index in [1.54, 1.807) is 53.4 Å². The summed E-state index contributed by atoms with van der Waals surface area (Å²) in [5, 5.41) is 2.88. The van der Waals surface area contributed by atoms with Crippen molar-refractivity contribution in [3.63, 3.8) is 0 Å². The molecule has 0 aliphatic carbocycles. The monoisotopic (exact) mass is 505 g/mol. The quantitative estimate of drug-likeness (QED) is 0.474. The maximum atomic E-state index is 13.3. The van der Waals surface area contributed by atoms with Crippen LogP contribution >= 0.6 is 11.6 Å². The van der Waals surface area contributed by atoms with Crippen LogP contribution in [0.3, 0.4) is 0 Å². The molecule has 8 nitrogen and oxygen atoms in total. The number of benzene rings is 2. The molecule has 2 aliphatic heterocycles. The van der Waals surface area contributed by atoms with Gasteiger partial charge in [-0.3, -0.25) is 10.1 Å². The minimum atomic E-state index is -0.814. The standard InChI is InChI=1S/C27H24ClN3O5/c1-2-14-35-26(34)30-23-9-5-8-22(29-23)17-10-11-19(21(28)15-17)24(32)31-13-12-27(16-31)20-7-4-3-6-18(20)25(33)36-27/h3-11,15H,2,12-14,16H2,1H3,(H,29,30,34)/t27-/m0/s1. The summed E-state index contributed by atoms with van der Waals surface area (Å²) in [6.07, 6.45) is 0.683. The third kappa shape index (κ3) is 4.40. The lowest BCUT2D eigenvalue weighted by Crippen LogP contribution is -2.34. The molecule has 1 N–H and O–H groups in total.